The lowest BCUT2D eigenvalue weighted by Gasteiger charge is -2.46. The lowest BCUT2D eigenvalue weighted by Crippen LogP contribution is -2.59. The Morgan fingerprint density at radius 2 is 1.75 bits per heavy atom. The third-order valence-electron chi connectivity index (χ3n) is 3.08. The summed E-state index contributed by atoms with van der Waals surface area (Å²) in [6.45, 7) is 12.3. The quantitative estimate of drug-likeness (QED) is 0.590. The first kappa shape index (κ1) is 14.2. The maximum Gasteiger partial charge on any atom is 0.0609 e. The molecule has 1 heterocycles. The van der Waals surface area contributed by atoms with Crippen molar-refractivity contribution < 1.29 is 4.74 Å². The van der Waals surface area contributed by atoms with Gasteiger partial charge in [-0.25, -0.2) is 0 Å². The van der Waals surface area contributed by atoms with E-state index in [0.717, 1.165) is 29.0 Å². The minimum absolute atomic E-state index is 0.207. The number of hydrogen-bond donors (Lipinski definition) is 1. The van der Waals surface area contributed by atoms with Gasteiger partial charge in [-0.05, 0) is 47.0 Å². The molecule has 0 aromatic carbocycles. The van der Waals surface area contributed by atoms with E-state index >= 15 is 0 Å². The van der Waals surface area contributed by atoms with Crippen LogP contribution in [0.1, 0.15) is 47.0 Å². The highest BCUT2D eigenvalue weighted by molar-refractivity contribution is 6.33. The summed E-state index contributed by atoms with van der Waals surface area (Å²) in [6, 6.07) is 1.32. The second-order valence-corrected chi connectivity index (χ2v) is 7.46. The summed E-state index contributed by atoms with van der Waals surface area (Å²) in [5.41, 5.74) is 0.415. The molecule has 0 aromatic rings. The molecule has 0 saturated carbocycles. The van der Waals surface area contributed by atoms with Crippen LogP contribution in [0.2, 0.25) is 12.6 Å². The van der Waals surface area contributed by atoms with Crippen LogP contribution in [0.5, 0.6) is 0 Å². The second kappa shape index (κ2) is 5.65. The zero-order chi connectivity index (χ0) is 12.2. The summed E-state index contributed by atoms with van der Waals surface area (Å²) in [5, 5.41) is 3.68. The van der Waals surface area contributed by atoms with Crippen molar-refractivity contribution in [1.82, 2.24) is 5.32 Å². The van der Waals surface area contributed by atoms with Crippen molar-refractivity contribution in [1.29, 1.82) is 0 Å². The zero-order valence-corrected chi connectivity index (χ0v) is 12.5. The Labute approximate surface area is 103 Å². The number of hydrogen-bond acceptors (Lipinski definition) is 2. The Hall–Kier alpha value is 0.137. The van der Waals surface area contributed by atoms with Gasteiger partial charge >= 0.3 is 0 Å². The van der Waals surface area contributed by atoms with E-state index in [1.54, 1.807) is 0 Å². The van der Waals surface area contributed by atoms with Crippen LogP contribution in [0.25, 0.3) is 0 Å². The van der Waals surface area contributed by atoms with E-state index in [-0.39, 0.29) is 11.1 Å². The van der Waals surface area contributed by atoms with Crippen LogP contribution in [0.4, 0.5) is 0 Å². The molecule has 0 atom stereocenters. The summed E-state index contributed by atoms with van der Waals surface area (Å²) in [6.07, 6.45) is 3.92. The SMILES string of the molecule is C[Si]CCCOC1CC(C)(C)NC(C)(C)C1. The van der Waals surface area contributed by atoms with E-state index in [4.69, 9.17) is 4.74 Å². The highest BCUT2D eigenvalue weighted by Gasteiger charge is 2.37. The van der Waals surface area contributed by atoms with Crippen molar-refractivity contribution >= 4 is 9.52 Å². The van der Waals surface area contributed by atoms with Gasteiger partial charge in [-0.2, -0.15) is 0 Å². The first-order chi connectivity index (χ1) is 7.35. The molecule has 0 amide bonds. The van der Waals surface area contributed by atoms with Crippen LogP contribution in [0.15, 0.2) is 0 Å². The van der Waals surface area contributed by atoms with E-state index in [9.17, 15) is 0 Å². The fraction of sp³-hybridized carbons (Fsp3) is 1.00. The molecule has 0 aliphatic carbocycles. The molecule has 1 aliphatic rings. The van der Waals surface area contributed by atoms with Gasteiger partial charge in [0.05, 0.1) is 6.10 Å². The molecule has 0 spiro atoms. The summed E-state index contributed by atoms with van der Waals surface area (Å²) < 4.78 is 6.02. The number of ether oxygens (including phenoxy) is 1. The van der Waals surface area contributed by atoms with E-state index < -0.39 is 0 Å². The molecule has 3 heteroatoms. The third-order valence-corrected chi connectivity index (χ3v) is 3.93. The summed E-state index contributed by atoms with van der Waals surface area (Å²) in [7, 11) is 1.06. The second-order valence-electron chi connectivity index (χ2n) is 6.25. The third kappa shape index (κ3) is 4.98. The molecular formula is C13H27NOSi. The largest absolute Gasteiger partial charge is 0.378 e. The van der Waals surface area contributed by atoms with Crippen molar-refractivity contribution in [2.24, 2.45) is 0 Å². The minimum Gasteiger partial charge on any atom is -0.378 e. The summed E-state index contributed by atoms with van der Waals surface area (Å²) >= 11 is 0. The standard InChI is InChI=1S/C13H27NOSi/c1-12(2)9-11(10-13(3,4)14-12)15-7-6-8-16-5/h11,14H,6-10H2,1-5H3. The van der Waals surface area contributed by atoms with Gasteiger partial charge in [0.2, 0.25) is 0 Å². The molecule has 2 nitrogen and oxygen atoms in total. The van der Waals surface area contributed by atoms with Gasteiger partial charge in [0, 0.05) is 27.2 Å². The first-order valence-corrected chi connectivity index (χ1v) is 8.11. The molecular weight excluding hydrogens is 214 g/mol. The molecule has 2 radical (unpaired) electrons. The molecule has 94 valence electrons. The topological polar surface area (TPSA) is 21.3 Å². The lowest BCUT2D eigenvalue weighted by atomic mass is 9.81. The maximum atomic E-state index is 6.02. The first-order valence-electron chi connectivity index (χ1n) is 6.40. The zero-order valence-electron chi connectivity index (χ0n) is 11.5. The van der Waals surface area contributed by atoms with Gasteiger partial charge in [0.1, 0.15) is 0 Å². The van der Waals surface area contributed by atoms with Crippen molar-refractivity contribution in [3.63, 3.8) is 0 Å². The maximum absolute atomic E-state index is 6.02. The van der Waals surface area contributed by atoms with Crippen molar-refractivity contribution in [3.05, 3.63) is 0 Å². The van der Waals surface area contributed by atoms with E-state index in [0.29, 0.717) is 6.10 Å². The smallest absolute Gasteiger partial charge is 0.0609 e. The fourth-order valence-corrected chi connectivity index (χ4v) is 3.34. The molecule has 1 rings (SSSR count). The van der Waals surface area contributed by atoms with Crippen LogP contribution in [0.3, 0.4) is 0 Å². The molecule has 16 heavy (non-hydrogen) atoms. The Kier molecular flexibility index (Phi) is 5.01. The Balaban J connectivity index is 2.36. The predicted molar refractivity (Wildman–Crippen MR) is 71.3 cm³/mol. The highest BCUT2D eigenvalue weighted by Crippen LogP contribution is 2.30. The van der Waals surface area contributed by atoms with Gasteiger partial charge in [0.15, 0.2) is 0 Å². The highest BCUT2D eigenvalue weighted by atomic mass is 28.2. The number of nitrogens with one attached hydrogen (secondary N) is 1. The molecule has 1 N–H and O–H groups in total. The monoisotopic (exact) mass is 241 g/mol. The van der Waals surface area contributed by atoms with Gasteiger partial charge in [0.25, 0.3) is 0 Å². The predicted octanol–water partition coefficient (Wildman–Crippen LogP) is 2.87. The van der Waals surface area contributed by atoms with Crippen molar-refractivity contribution in [2.45, 2.75) is 76.7 Å². The molecule has 1 aliphatic heterocycles. The van der Waals surface area contributed by atoms with Crippen LogP contribution in [0, 0.1) is 0 Å². The minimum atomic E-state index is 0.207. The average molecular weight is 241 g/mol. The van der Waals surface area contributed by atoms with Gasteiger partial charge in [-0.1, -0.05) is 12.6 Å². The molecule has 0 aromatic heterocycles. The van der Waals surface area contributed by atoms with Crippen LogP contribution >= 0.6 is 0 Å². The molecule has 0 unspecified atom stereocenters. The Bertz CT molecular complexity index is 200. The molecule has 0 bridgehead atoms. The van der Waals surface area contributed by atoms with Crippen LogP contribution in [-0.4, -0.2) is 33.3 Å². The fourth-order valence-electron chi connectivity index (χ4n) is 2.85. The normalized spacial score (nSPS) is 24.6. The average Bonchev–Trinajstić information content (AvgIpc) is 2.07. The van der Waals surface area contributed by atoms with Crippen LogP contribution < -0.4 is 5.32 Å². The van der Waals surface area contributed by atoms with Gasteiger partial charge < -0.3 is 10.1 Å². The van der Waals surface area contributed by atoms with Gasteiger partial charge in [-0.3, -0.25) is 0 Å². The number of rotatable bonds is 5. The molecule has 1 fully saturated rings. The van der Waals surface area contributed by atoms with Crippen molar-refractivity contribution in [2.75, 3.05) is 6.61 Å². The van der Waals surface area contributed by atoms with E-state index in [2.05, 4.69) is 39.6 Å². The summed E-state index contributed by atoms with van der Waals surface area (Å²) in [4.78, 5) is 0. The van der Waals surface area contributed by atoms with E-state index in [1.165, 1.54) is 12.5 Å². The van der Waals surface area contributed by atoms with Gasteiger partial charge in [-0.15, -0.1) is 0 Å². The molecule has 1 saturated heterocycles. The number of piperidine rings is 1. The summed E-state index contributed by atoms with van der Waals surface area (Å²) in [5.74, 6) is 0. The van der Waals surface area contributed by atoms with E-state index in [1.807, 2.05) is 0 Å². The lowest BCUT2D eigenvalue weighted by molar-refractivity contribution is -0.0212. The van der Waals surface area contributed by atoms with Crippen LogP contribution in [-0.2, 0) is 4.74 Å². The van der Waals surface area contributed by atoms with Crippen molar-refractivity contribution in [3.8, 4) is 0 Å². The Morgan fingerprint density at radius 1 is 1.19 bits per heavy atom. The Morgan fingerprint density at radius 3 is 2.25 bits per heavy atom.